The number of carbonyl (C=O) groups excluding carboxylic acids is 2. The fourth-order valence-corrected chi connectivity index (χ4v) is 2.53. The summed E-state index contributed by atoms with van der Waals surface area (Å²) in [7, 11) is 1.66. The third-order valence-electron chi connectivity index (χ3n) is 4.35. The van der Waals surface area contributed by atoms with Gasteiger partial charge in [0.05, 0.1) is 22.6 Å². The molecule has 0 saturated heterocycles. The molecule has 0 atom stereocenters. The summed E-state index contributed by atoms with van der Waals surface area (Å²) in [4.78, 5) is 32.6. The van der Waals surface area contributed by atoms with E-state index in [1.165, 1.54) is 18.2 Å². The number of aromatic nitrogens is 1. The highest BCUT2D eigenvalue weighted by Crippen LogP contribution is 2.21. The van der Waals surface area contributed by atoms with Gasteiger partial charge in [0.15, 0.2) is 0 Å². The summed E-state index contributed by atoms with van der Waals surface area (Å²) in [6.07, 6.45) is 1.57. The molecule has 4 N–H and O–H groups in total. The van der Waals surface area contributed by atoms with Gasteiger partial charge in [-0.25, -0.2) is 13.8 Å². The van der Waals surface area contributed by atoms with Gasteiger partial charge < -0.3 is 16.4 Å². The molecule has 0 aliphatic rings. The Morgan fingerprint density at radius 3 is 2.12 bits per heavy atom. The van der Waals surface area contributed by atoms with E-state index >= 15 is 0 Å². The van der Waals surface area contributed by atoms with Crippen molar-refractivity contribution in [1.82, 2.24) is 4.98 Å². The minimum Gasteiger partial charge on any atom is -0.388 e. The van der Waals surface area contributed by atoms with Crippen LogP contribution < -0.4 is 16.4 Å². The van der Waals surface area contributed by atoms with Crippen molar-refractivity contribution in [3.05, 3.63) is 88.6 Å². The molecule has 9 heteroatoms. The highest BCUT2D eigenvalue weighted by Gasteiger charge is 2.18. The van der Waals surface area contributed by atoms with Crippen LogP contribution in [0.2, 0.25) is 0 Å². The van der Waals surface area contributed by atoms with Crippen molar-refractivity contribution in [3.8, 4) is 0 Å². The van der Waals surface area contributed by atoms with Crippen molar-refractivity contribution in [2.45, 2.75) is 20.8 Å². The number of carbonyl (C=O) groups is 2. The SMILES string of the molecule is CN=C(C)N.Cc1ccc(NC(=O)c2cc(F)ccc2NC(=O)c2ccc(C)cc2F)nc1. The predicted molar refractivity (Wildman–Crippen MR) is 126 cm³/mol. The van der Waals surface area contributed by atoms with Gasteiger partial charge in [0.1, 0.15) is 17.5 Å². The maximum Gasteiger partial charge on any atom is 0.259 e. The monoisotopic (exact) mass is 453 g/mol. The standard InChI is InChI=1S/C21H17F2N3O2.C3H8N2/c1-12-3-6-15(17(23)9-12)20(27)25-18-7-5-14(22)10-16(18)21(28)26-19-8-4-13(2)11-24-19;1-3(4)5-2/h3-11H,1-2H3,(H,25,27)(H,24,26,28);1-2H3,(H2,4,5). The Balaban J connectivity index is 0.000000696. The molecule has 0 spiro atoms. The number of nitrogens with zero attached hydrogens (tertiary/aromatic N) is 2. The summed E-state index contributed by atoms with van der Waals surface area (Å²) >= 11 is 0. The first-order valence-corrected chi connectivity index (χ1v) is 9.90. The summed E-state index contributed by atoms with van der Waals surface area (Å²) < 4.78 is 27.7. The first kappa shape index (κ1) is 25.1. The van der Waals surface area contributed by atoms with Crippen LogP contribution in [0.1, 0.15) is 38.8 Å². The van der Waals surface area contributed by atoms with E-state index in [-0.39, 0.29) is 22.6 Å². The molecule has 0 unspecified atom stereocenters. The third kappa shape index (κ3) is 7.49. The number of nitrogens with two attached hydrogens (primary N) is 1. The summed E-state index contributed by atoms with van der Waals surface area (Å²) in [6.45, 7) is 5.30. The van der Waals surface area contributed by atoms with Crippen LogP contribution in [0.5, 0.6) is 0 Å². The number of amidine groups is 1. The van der Waals surface area contributed by atoms with E-state index in [0.717, 1.165) is 17.7 Å². The van der Waals surface area contributed by atoms with Gasteiger partial charge in [0, 0.05) is 13.2 Å². The number of hydrogen-bond acceptors (Lipinski definition) is 4. The van der Waals surface area contributed by atoms with Crippen LogP contribution in [0.3, 0.4) is 0 Å². The van der Waals surface area contributed by atoms with Crippen LogP contribution in [0.15, 0.2) is 59.7 Å². The molecular formula is C24H25F2N5O2. The van der Waals surface area contributed by atoms with Crippen LogP contribution in [-0.2, 0) is 0 Å². The van der Waals surface area contributed by atoms with Crippen LogP contribution in [0.4, 0.5) is 20.3 Å². The number of rotatable bonds is 4. The molecule has 3 aromatic rings. The van der Waals surface area contributed by atoms with Crippen LogP contribution in [0, 0.1) is 25.5 Å². The van der Waals surface area contributed by atoms with E-state index in [2.05, 4.69) is 20.6 Å². The molecule has 0 saturated carbocycles. The van der Waals surface area contributed by atoms with E-state index in [4.69, 9.17) is 5.73 Å². The van der Waals surface area contributed by atoms with E-state index in [1.807, 2.05) is 6.92 Å². The van der Waals surface area contributed by atoms with E-state index in [1.54, 1.807) is 45.3 Å². The fourth-order valence-electron chi connectivity index (χ4n) is 2.53. The molecule has 0 aliphatic carbocycles. The van der Waals surface area contributed by atoms with Gasteiger partial charge in [-0.1, -0.05) is 12.1 Å². The number of aryl methyl sites for hydroxylation is 2. The van der Waals surface area contributed by atoms with E-state index < -0.39 is 23.4 Å². The van der Waals surface area contributed by atoms with Crippen molar-refractivity contribution in [2.24, 2.45) is 10.7 Å². The predicted octanol–water partition coefficient (Wildman–Crippen LogP) is 4.47. The number of benzene rings is 2. The van der Waals surface area contributed by atoms with Gasteiger partial charge in [-0.15, -0.1) is 0 Å². The summed E-state index contributed by atoms with van der Waals surface area (Å²) in [6, 6.07) is 10.9. The smallest absolute Gasteiger partial charge is 0.259 e. The lowest BCUT2D eigenvalue weighted by molar-refractivity contribution is 0.102. The molecule has 0 fully saturated rings. The van der Waals surface area contributed by atoms with Crippen molar-refractivity contribution in [3.63, 3.8) is 0 Å². The second-order valence-electron chi connectivity index (χ2n) is 7.17. The zero-order valence-electron chi connectivity index (χ0n) is 18.7. The highest BCUT2D eigenvalue weighted by molar-refractivity contribution is 6.12. The van der Waals surface area contributed by atoms with Gasteiger partial charge in [0.25, 0.3) is 11.8 Å². The first-order valence-electron chi connectivity index (χ1n) is 9.90. The molecule has 1 aromatic heterocycles. The molecule has 172 valence electrons. The molecule has 2 aromatic carbocycles. The highest BCUT2D eigenvalue weighted by atomic mass is 19.1. The maximum absolute atomic E-state index is 14.0. The van der Waals surface area contributed by atoms with Crippen molar-refractivity contribution in [2.75, 3.05) is 17.7 Å². The number of aliphatic imine (C=N–C) groups is 1. The second-order valence-corrected chi connectivity index (χ2v) is 7.17. The number of nitrogens with one attached hydrogen (secondary N) is 2. The Hall–Kier alpha value is -4.14. The van der Waals surface area contributed by atoms with Gasteiger partial charge in [-0.2, -0.15) is 0 Å². The third-order valence-corrected chi connectivity index (χ3v) is 4.35. The topological polar surface area (TPSA) is 109 Å². The summed E-state index contributed by atoms with van der Waals surface area (Å²) in [5.74, 6) is -1.83. The van der Waals surface area contributed by atoms with E-state index in [0.29, 0.717) is 11.4 Å². The average Bonchev–Trinajstić information content (AvgIpc) is 2.76. The molecule has 0 radical (unpaired) electrons. The normalized spacial score (nSPS) is 10.7. The Morgan fingerprint density at radius 2 is 1.55 bits per heavy atom. The second kappa shape index (κ2) is 11.5. The lowest BCUT2D eigenvalue weighted by Crippen LogP contribution is -2.19. The maximum atomic E-state index is 14.0. The quantitative estimate of drug-likeness (QED) is 0.400. The van der Waals surface area contributed by atoms with Gasteiger partial charge in [-0.3, -0.25) is 14.6 Å². The Labute approximate surface area is 190 Å². The molecular weight excluding hydrogens is 428 g/mol. The Kier molecular flexibility index (Phi) is 8.73. The van der Waals surface area contributed by atoms with Crippen LogP contribution in [-0.4, -0.2) is 29.7 Å². The zero-order chi connectivity index (χ0) is 24.5. The molecule has 3 rings (SSSR count). The fraction of sp³-hybridized carbons (Fsp3) is 0.167. The summed E-state index contributed by atoms with van der Waals surface area (Å²) in [5.41, 5.74) is 6.39. The lowest BCUT2D eigenvalue weighted by Gasteiger charge is -2.12. The number of halogens is 2. The number of hydrogen-bond donors (Lipinski definition) is 3. The van der Waals surface area contributed by atoms with Crippen molar-refractivity contribution < 1.29 is 18.4 Å². The van der Waals surface area contributed by atoms with Crippen molar-refractivity contribution >= 4 is 29.2 Å². The molecule has 33 heavy (non-hydrogen) atoms. The van der Waals surface area contributed by atoms with Gasteiger partial charge in [0.2, 0.25) is 0 Å². The van der Waals surface area contributed by atoms with Gasteiger partial charge >= 0.3 is 0 Å². The van der Waals surface area contributed by atoms with Crippen molar-refractivity contribution in [1.29, 1.82) is 0 Å². The largest absolute Gasteiger partial charge is 0.388 e. The number of anilines is 2. The van der Waals surface area contributed by atoms with Crippen LogP contribution >= 0.6 is 0 Å². The lowest BCUT2D eigenvalue weighted by atomic mass is 10.1. The summed E-state index contributed by atoms with van der Waals surface area (Å²) in [5, 5.41) is 5.01. The minimum atomic E-state index is -0.744. The Bertz CT molecular complexity index is 1170. The average molecular weight is 453 g/mol. The van der Waals surface area contributed by atoms with Crippen LogP contribution in [0.25, 0.3) is 0 Å². The number of pyridine rings is 1. The molecule has 7 nitrogen and oxygen atoms in total. The zero-order valence-corrected chi connectivity index (χ0v) is 18.7. The molecule has 0 bridgehead atoms. The first-order chi connectivity index (χ1) is 15.6. The molecule has 0 aliphatic heterocycles. The Morgan fingerprint density at radius 1 is 0.909 bits per heavy atom. The molecule has 1 heterocycles. The number of amides is 2. The minimum absolute atomic E-state index is 0.0518. The molecule has 2 amide bonds. The van der Waals surface area contributed by atoms with E-state index in [9.17, 15) is 18.4 Å². The van der Waals surface area contributed by atoms with Gasteiger partial charge in [-0.05, 0) is 68.3 Å².